The predicted molar refractivity (Wildman–Crippen MR) is 81.0 cm³/mol. The summed E-state index contributed by atoms with van der Waals surface area (Å²) in [6.45, 7) is 2.42. The van der Waals surface area contributed by atoms with E-state index < -0.39 is 5.91 Å². The van der Waals surface area contributed by atoms with E-state index in [1.807, 2.05) is 38.2 Å². The molecule has 1 atom stereocenters. The van der Waals surface area contributed by atoms with Crippen molar-refractivity contribution < 1.29 is 14.3 Å². The molecule has 0 aliphatic heterocycles. The van der Waals surface area contributed by atoms with Crippen molar-refractivity contribution in [2.75, 3.05) is 32.1 Å². The molecule has 1 aromatic carbocycles. The number of primary amides is 1. The third kappa shape index (κ3) is 6.73. The maximum absolute atomic E-state index is 11.7. The largest absolute Gasteiger partial charge is 0.370 e. The lowest BCUT2D eigenvalue weighted by atomic mass is 10.1. The molecule has 1 rings (SSSR count). The van der Waals surface area contributed by atoms with Crippen LogP contribution in [0.3, 0.4) is 0 Å². The van der Waals surface area contributed by atoms with Crippen LogP contribution in [-0.4, -0.2) is 38.7 Å². The number of hydrogen-bond donors (Lipinski definition) is 4. The quantitative estimate of drug-likeness (QED) is 0.527. The lowest BCUT2D eigenvalue weighted by Gasteiger charge is -2.13. The molecule has 0 aromatic heterocycles. The summed E-state index contributed by atoms with van der Waals surface area (Å²) in [5.74, 6) is -0.532. The maximum Gasteiger partial charge on any atom is 0.319 e. The van der Waals surface area contributed by atoms with Crippen LogP contribution in [0.25, 0.3) is 0 Å². The van der Waals surface area contributed by atoms with Crippen LogP contribution < -0.4 is 21.7 Å². The Kier molecular flexibility index (Phi) is 7.20. The molecule has 5 N–H and O–H groups in total. The minimum atomic E-state index is -0.532. The summed E-state index contributed by atoms with van der Waals surface area (Å²) in [5.41, 5.74) is 6.71. The normalized spacial score (nSPS) is 11.7. The number of urea groups is 1. The van der Waals surface area contributed by atoms with Crippen LogP contribution in [-0.2, 0) is 9.53 Å². The highest BCUT2D eigenvalue weighted by molar-refractivity contribution is 5.89. The van der Waals surface area contributed by atoms with E-state index in [-0.39, 0.29) is 25.3 Å². The number of carbonyl (C=O) groups is 2. The van der Waals surface area contributed by atoms with Crippen LogP contribution in [0.4, 0.5) is 10.5 Å². The first kappa shape index (κ1) is 16.9. The van der Waals surface area contributed by atoms with E-state index in [1.165, 1.54) is 0 Å². The fourth-order valence-electron chi connectivity index (χ4n) is 1.64. The van der Waals surface area contributed by atoms with Crippen LogP contribution in [0.2, 0.25) is 0 Å². The van der Waals surface area contributed by atoms with E-state index >= 15 is 0 Å². The Morgan fingerprint density at radius 1 is 1.38 bits per heavy atom. The van der Waals surface area contributed by atoms with Crippen LogP contribution in [0.1, 0.15) is 18.5 Å². The number of nitrogens with one attached hydrogen (secondary N) is 3. The van der Waals surface area contributed by atoms with Gasteiger partial charge in [-0.25, -0.2) is 4.79 Å². The number of carbonyl (C=O) groups excluding carboxylic acids is 2. The summed E-state index contributed by atoms with van der Waals surface area (Å²) in [6.07, 6.45) is 0. The second kappa shape index (κ2) is 8.93. The Balaban J connectivity index is 2.35. The second-order valence-electron chi connectivity index (χ2n) is 4.54. The summed E-state index contributed by atoms with van der Waals surface area (Å²) in [6, 6.07) is 7.47. The Morgan fingerprint density at radius 2 is 2.14 bits per heavy atom. The van der Waals surface area contributed by atoms with Gasteiger partial charge in [0.1, 0.15) is 6.61 Å². The number of amides is 3. The molecule has 0 bridgehead atoms. The number of nitrogens with two attached hydrogens (primary N) is 1. The molecule has 0 saturated heterocycles. The van der Waals surface area contributed by atoms with Gasteiger partial charge >= 0.3 is 6.03 Å². The molecule has 0 saturated carbocycles. The summed E-state index contributed by atoms with van der Waals surface area (Å²) < 4.78 is 4.94. The highest BCUT2D eigenvalue weighted by Gasteiger charge is 2.05. The molecule has 116 valence electrons. The average Bonchev–Trinajstić information content (AvgIpc) is 2.46. The molecule has 1 aromatic rings. The van der Waals surface area contributed by atoms with Crippen molar-refractivity contribution in [1.82, 2.24) is 10.6 Å². The Morgan fingerprint density at radius 3 is 2.81 bits per heavy atom. The predicted octanol–water partition coefficient (Wildman–Crippen LogP) is 0.590. The SMILES string of the molecule is CNC(C)c1cccc(NC(=O)NCCOCC(N)=O)c1. The van der Waals surface area contributed by atoms with Gasteiger partial charge in [-0.05, 0) is 31.7 Å². The molecule has 1 unspecified atom stereocenters. The number of benzene rings is 1. The van der Waals surface area contributed by atoms with Gasteiger partial charge in [0.05, 0.1) is 6.61 Å². The fourth-order valence-corrected chi connectivity index (χ4v) is 1.64. The summed E-state index contributed by atoms with van der Waals surface area (Å²) in [7, 11) is 1.88. The van der Waals surface area contributed by atoms with Crippen LogP contribution >= 0.6 is 0 Å². The molecule has 0 radical (unpaired) electrons. The summed E-state index contributed by atoms with van der Waals surface area (Å²) in [4.78, 5) is 22.1. The highest BCUT2D eigenvalue weighted by Crippen LogP contribution is 2.16. The van der Waals surface area contributed by atoms with Gasteiger partial charge in [0.25, 0.3) is 0 Å². The van der Waals surface area contributed by atoms with Crippen molar-refractivity contribution in [3.05, 3.63) is 29.8 Å². The van der Waals surface area contributed by atoms with E-state index in [0.29, 0.717) is 12.2 Å². The second-order valence-corrected chi connectivity index (χ2v) is 4.54. The molecule has 0 fully saturated rings. The molecule has 0 spiro atoms. The first-order chi connectivity index (χ1) is 10.0. The van der Waals surface area contributed by atoms with E-state index in [2.05, 4.69) is 16.0 Å². The maximum atomic E-state index is 11.7. The van der Waals surface area contributed by atoms with Crippen molar-refractivity contribution in [3.63, 3.8) is 0 Å². The van der Waals surface area contributed by atoms with E-state index in [0.717, 1.165) is 5.56 Å². The van der Waals surface area contributed by atoms with Gasteiger partial charge in [-0.3, -0.25) is 4.79 Å². The zero-order chi connectivity index (χ0) is 15.7. The van der Waals surface area contributed by atoms with Gasteiger partial charge in [-0.2, -0.15) is 0 Å². The van der Waals surface area contributed by atoms with E-state index in [4.69, 9.17) is 10.5 Å². The van der Waals surface area contributed by atoms with Gasteiger partial charge < -0.3 is 26.4 Å². The number of anilines is 1. The fraction of sp³-hybridized carbons (Fsp3) is 0.429. The van der Waals surface area contributed by atoms with Crippen molar-refractivity contribution in [2.45, 2.75) is 13.0 Å². The minimum Gasteiger partial charge on any atom is -0.370 e. The third-order valence-corrected chi connectivity index (χ3v) is 2.85. The van der Waals surface area contributed by atoms with Gasteiger partial charge in [0, 0.05) is 18.3 Å². The lowest BCUT2D eigenvalue weighted by molar-refractivity contribution is -0.122. The topological polar surface area (TPSA) is 105 Å². The van der Waals surface area contributed by atoms with Gasteiger partial charge in [-0.1, -0.05) is 12.1 Å². The van der Waals surface area contributed by atoms with Crippen molar-refractivity contribution in [2.24, 2.45) is 5.73 Å². The molecule has 7 nitrogen and oxygen atoms in total. The Bertz CT molecular complexity index is 479. The monoisotopic (exact) mass is 294 g/mol. The van der Waals surface area contributed by atoms with Gasteiger partial charge in [0.2, 0.25) is 5.91 Å². The molecule has 0 aliphatic carbocycles. The molecular formula is C14H22N4O3. The van der Waals surface area contributed by atoms with Gasteiger partial charge in [0.15, 0.2) is 0 Å². The molecule has 3 amide bonds. The first-order valence-corrected chi connectivity index (χ1v) is 6.71. The average molecular weight is 294 g/mol. The van der Waals surface area contributed by atoms with Crippen molar-refractivity contribution in [3.8, 4) is 0 Å². The molecular weight excluding hydrogens is 272 g/mol. The van der Waals surface area contributed by atoms with Crippen LogP contribution in [0.15, 0.2) is 24.3 Å². The zero-order valence-electron chi connectivity index (χ0n) is 12.3. The Labute approximate surface area is 124 Å². The molecule has 0 heterocycles. The summed E-state index contributed by atoms with van der Waals surface area (Å²) in [5, 5.41) is 8.50. The number of rotatable bonds is 8. The number of hydrogen-bond acceptors (Lipinski definition) is 4. The molecule has 7 heteroatoms. The van der Waals surface area contributed by atoms with Crippen LogP contribution in [0, 0.1) is 0 Å². The molecule has 0 aliphatic rings. The third-order valence-electron chi connectivity index (χ3n) is 2.85. The standard InChI is InChI=1S/C14H22N4O3/c1-10(16-2)11-4-3-5-12(8-11)18-14(20)17-6-7-21-9-13(15)19/h3-5,8,10,16H,6-7,9H2,1-2H3,(H2,15,19)(H2,17,18,20). The van der Waals surface area contributed by atoms with Crippen LogP contribution in [0.5, 0.6) is 0 Å². The number of ether oxygens (including phenoxy) is 1. The Hall–Kier alpha value is -2.12. The minimum absolute atomic E-state index is 0.146. The first-order valence-electron chi connectivity index (χ1n) is 6.71. The zero-order valence-corrected chi connectivity index (χ0v) is 12.3. The van der Waals surface area contributed by atoms with Crippen molar-refractivity contribution in [1.29, 1.82) is 0 Å². The van der Waals surface area contributed by atoms with Crippen molar-refractivity contribution >= 4 is 17.6 Å². The lowest BCUT2D eigenvalue weighted by Crippen LogP contribution is -2.32. The van der Waals surface area contributed by atoms with E-state index in [1.54, 1.807) is 0 Å². The smallest absolute Gasteiger partial charge is 0.319 e. The molecule has 21 heavy (non-hydrogen) atoms. The van der Waals surface area contributed by atoms with Gasteiger partial charge in [-0.15, -0.1) is 0 Å². The van der Waals surface area contributed by atoms with E-state index in [9.17, 15) is 9.59 Å². The summed E-state index contributed by atoms with van der Waals surface area (Å²) >= 11 is 0. The highest BCUT2D eigenvalue weighted by atomic mass is 16.5.